The Morgan fingerprint density at radius 3 is 2.62 bits per heavy atom. The maximum atomic E-state index is 5.52. The largest absolute Gasteiger partial charge is 0.381 e. The molecular weight excluding hydrogens is 402 g/mol. The number of benzene rings is 1. The summed E-state index contributed by atoms with van der Waals surface area (Å²) in [6, 6.07) is 8.74. The molecule has 3 aromatic rings. The van der Waals surface area contributed by atoms with Crippen molar-refractivity contribution in [2.75, 3.05) is 38.7 Å². The lowest BCUT2D eigenvalue weighted by Crippen LogP contribution is -2.28. The summed E-state index contributed by atoms with van der Waals surface area (Å²) in [4.78, 5) is 18.3. The highest BCUT2D eigenvalue weighted by atomic mass is 16.5. The molecule has 1 fully saturated rings. The van der Waals surface area contributed by atoms with Crippen molar-refractivity contribution in [3.05, 3.63) is 54.1 Å². The predicted octanol–water partition coefficient (Wildman–Crippen LogP) is 2.81. The number of nitrogens with one attached hydrogen (secondary N) is 3. The lowest BCUT2D eigenvalue weighted by atomic mass is 10.1. The molecule has 1 aromatic carbocycles. The van der Waals surface area contributed by atoms with Gasteiger partial charge in [-0.1, -0.05) is 18.2 Å². The number of anilines is 1. The number of rotatable bonds is 9. The molecule has 0 radical (unpaired) electrons. The van der Waals surface area contributed by atoms with Crippen molar-refractivity contribution < 1.29 is 4.74 Å². The summed E-state index contributed by atoms with van der Waals surface area (Å²) >= 11 is 0. The van der Waals surface area contributed by atoms with E-state index in [1.54, 1.807) is 12.4 Å². The molecule has 4 rings (SSSR count). The normalized spacial score (nSPS) is 14.4. The van der Waals surface area contributed by atoms with Crippen molar-refractivity contribution in [2.45, 2.75) is 32.4 Å². The van der Waals surface area contributed by atoms with Crippen LogP contribution < -0.4 is 16.0 Å². The van der Waals surface area contributed by atoms with E-state index in [2.05, 4.69) is 57.1 Å². The number of ether oxygens (including phenoxy) is 1. The summed E-state index contributed by atoms with van der Waals surface area (Å²) in [6.07, 6.45) is 7.07. The van der Waals surface area contributed by atoms with Crippen LogP contribution in [-0.4, -0.2) is 59.3 Å². The maximum absolute atomic E-state index is 5.52. The molecule has 1 saturated heterocycles. The highest BCUT2D eigenvalue weighted by Gasteiger charge is 2.19. The molecule has 0 aliphatic carbocycles. The lowest BCUT2D eigenvalue weighted by Gasteiger charge is -2.25. The standard InChI is InChI=1S/C24H31N7O/c1-17-22(20-14-27-16-28-15-20)30-24(31-23(17)29-21-6-10-32-11-7-21)19-5-3-4-18(12-19)13-26-9-8-25-2/h3-5,12,14-16,21,25-26H,6-11,13H2,1-2H3,(H,29,30,31). The summed E-state index contributed by atoms with van der Waals surface area (Å²) in [6.45, 7) is 6.25. The van der Waals surface area contributed by atoms with E-state index in [0.29, 0.717) is 11.9 Å². The molecule has 1 aliphatic heterocycles. The Balaban J connectivity index is 1.67. The summed E-state index contributed by atoms with van der Waals surface area (Å²) in [5.41, 5.74) is 4.92. The second-order valence-electron chi connectivity index (χ2n) is 8.01. The van der Waals surface area contributed by atoms with E-state index in [1.807, 2.05) is 7.05 Å². The first-order valence-corrected chi connectivity index (χ1v) is 11.2. The molecule has 0 unspecified atom stereocenters. The zero-order chi connectivity index (χ0) is 22.2. The Labute approximate surface area is 189 Å². The van der Waals surface area contributed by atoms with E-state index in [-0.39, 0.29) is 0 Å². The van der Waals surface area contributed by atoms with Gasteiger partial charge in [0, 0.05) is 68.0 Å². The fraction of sp³-hybridized carbons (Fsp3) is 0.417. The highest BCUT2D eigenvalue weighted by molar-refractivity contribution is 5.71. The number of likely N-dealkylation sites (N-methyl/N-ethyl adjacent to an activating group) is 1. The zero-order valence-electron chi connectivity index (χ0n) is 18.8. The molecule has 0 saturated carbocycles. The van der Waals surface area contributed by atoms with Crippen LogP contribution in [0.15, 0.2) is 43.0 Å². The Bertz CT molecular complexity index is 1010. The second kappa shape index (κ2) is 11.1. The summed E-state index contributed by atoms with van der Waals surface area (Å²) < 4.78 is 5.52. The van der Waals surface area contributed by atoms with Gasteiger partial charge in [0.25, 0.3) is 0 Å². The van der Waals surface area contributed by atoms with Gasteiger partial charge in [0.1, 0.15) is 12.1 Å². The summed E-state index contributed by atoms with van der Waals surface area (Å²) in [5, 5.41) is 10.2. The van der Waals surface area contributed by atoms with Gasteiger partial charge in [-0.15, -0.1) is 0 Å². The Kier molecular flexibility index (Phi) is 7.71. The third-order valence-electron chi connectivity index (χ3n) is 5.61. The SMILES string of the molecule is CNCCNCc1cccc(-c2nc(NC3CCOCC3)c(C)c(-c3cncnc3)n2)c1. The monoisotopic (exact) mass is 433 g/mol. The molecule has 0 atom stereocenters. The summed E-state index contributed by atoms with van der Waals surface area (Å²) in [5.74, 6) is 1.55. The molecule has 1 aliphatic rings. The van der Waals surface area contributed by atoms with Crippen LogP contribution in [0.2, 0.25) is 0 Å². The van der Waals surface area contributed by atoms with Crippen LogP contribution in [-0.2, 0) is 11.3 Å². The lowest BCUT2D eigenvalue weighted by molar-refractivity contribution is 0.0904. The minimum atomic E-state index is 0.341. The minimum Gasteiger partial charge on any atom is -0.381 e. The zero-order valence-corrected chi connectivity index (χ0v) is 18.8. The third-order valence-corrected chi connectivity index (χ3v) is 5.61. The van der Waals surface area contributed by atoms with E-state index >= 15 is 0 Å². The summed E-state index contributed by atoms with van der Waals surface area (Å²) in [7, 11) is 1.96. The van der Waals surface area contributed by atoms with Gasteiger partial charge in [0.15, 0.2) is 5.82 Å². The Morgan fingerprint density at radius 1 is 1.03 bits per heavy atom. The molecule has 3 N–H and O–H groups in total. The fourth-order valence-corrected chi connectivity index (χ4v) is 3.79. The van der Waals surface area contributed by atoms with Gasteiger partial charge in [0.2, 0.25) is 0 Å². The molecule has 3 heterocycles. The van der Waals surface area contributed by atoms with Gasteiger partial charge in [-0.2, -0.15) is 0 Å². The molecular formula is C24H31N7O. The molecule has 8 nitrogen and oxygen atoms in total. The van der Waals surface area contributed by atoms with Crippen LogP contribution in [0.1, 0.15) is 24.0 Å². The van der Waals surface area contributed by atoms with Crippen molar-refractivity contribution in [1.82, 2.24) is 30.6 Å². The number of hydrogen-bond acceptors (Lipinski definition) is 8. The van der Waals surface area contributed by atoms with Crippen LogP contribution in [0.25, 0.3) is 22.6 Å². The maximum Gasteiger partial charge on any atom is 0.162 e. The van der Waals surface area contributed by atoms with E-state index in [1.165, 1.54) is 11.9 Å². The van der Waals surface area contributed by atoms with E-state index < -0.39 is 0 Å². The quantitative estimate of drug-likeness (QED) is 0.443. The number of nitrogens with zero attached hydrogens (tertiary/aromatic N) is 4. The number of hydrogen-bond donors (Lipinski definition) is 3. The van der Waals surface area contributed by atoms with Crippen LogP contribution in [0, 0.1) is 6.92 Å². The van der Waals surface area contributed by atoms with Crippen LogP contribution >= 0.6 is 0 Å². The topological polar surface area (TPSA) is 96.9 Å². The van der Waals surface area contributed by atoms with Crippen molar-refractivity contribution in [1.29, 1.82) is 0 Å². The predicted molar refractivity (Wildman–Crippen MR) is 126 cm³/mol. The fourth-order valence-electron chi connectivity index (χ4n) is 3.79. The Hall–Kier alpha value is -2.94. The molecule has 8 heteroatoms. The smallest absolute Gasteiger partial charge is 0.162 e. The van der Waals surface area contributed by atoms with Crippen LogP contribution in [0.5, 0.6) is 0 Å². The first-order valence-electron chi connectivity index (χ1n) is 11.2. The van der Waals surface area contributed by atoms with Gasteiger partial charge in [-0.3, -0.25) is 0 Å². The number of aromatic nitrogens is 4. The second-order valence-corrected chi connectivity index (χ2v) is 8.01. The first kappa shape index (κ1) is 22.3. The van der Waals surface area contributed by atoms with Gasteiger partial charge in [-0.05, 0) is 38.4 Å². The van der Waals surface area contributed by atoms with Gasteiger partial charge in [-0.25, -0.2) is 19.9 Å². The van der Waals surface area contributed by atoms with Crippen molar-refractivity contribution >= 4 is 5.82 Å². The Morgan fingerprint density at radius 2 is 1.84 bits per heavy atom. The van der Waals surface area contributed by atoms with Crippen molar-refractivity contribution in [3.63, 3.8) is 0 Å². The highest BCUT2D eigenvalue weighted by Crippen LogP contribution is 2.29. The molecule has 0 spiro atoms. The average molecular weight is 434 g/mol. The third kappa shape index (κ3) is 5.64. The molecule has 0 bridgehead atoms. The van der Waals surface area contributed by atoms with Crippen molar-refractivity contribution in [2.24, 2.45) is 0 Å². The van der Waals surface area contributed by atoms with Crippen LogP contribution in [0.3, 0.4) is 0 Å². The minimum absolute atomic E-state index is 0.341. The molecule has 2 aromatic heterocycles. The first-order chi connectivity index (χ1) is 15.7. The van der Waals surface area contributed by atoms with Gasteiger partial charge in [0.05, 0.1) is 5.69 Å². The van der Waals surface area contributed by atoms with E-state index in [9.17, 15) is 0 Å². The van der Waals surface area contributed by atoms with Gasteiger partial charge >= 0.3 is 0 Å². The van der Waals surface area contributed by atoms with Crippen molar-refractivity contribution in [3.8, 4) is 22.6 Å². The molecule has 32 heavy (non-hydrogen) atoms. The van der Waals surface area contributed by atoms with Gasteiger partial charge < -0.3 is 20.7 Å². The molecule has 168 valence electrons. The average Bonchev–Trinajstić information content (AvgIpc) is 2.84. The van der Waals surface area contributed by atoms with Crippen LogP contribution in [0.4, 0.5) is 5.82 Å². The molecule has 0 amide bonds. The van der Waals surface area contributed by atoms with E-state index in [4.69, 9.17) is 14.7 Å². The van der Waals surface area contributed by atoms with E-state index in [0.717, 1.165) is 73.9 Å².